The van der Waals surface area contributed by atoms with Crippen LogP contribution in [0.2, 0.25) is 5.02 Å². The van der Waals surface area contributed by atoms with Gasteiger partial charge in [-0.1, -0.05) is 47.4 Å². The fourth-order valence-corrected chi connectivity index (χ4v) is 2.26. The summed E-state index contributed by atoms with van der Waals surface area (Å²) in [4.78, 5) is 0. The van der Waals surface area contributed by atoms with Crippen LogP contribution in [0.4, 0.5) is 4.39 Å². The van der Waals surface area contributed by atoms with Crippen LogP contribution in [0.5, 0.6) is 11.5 Å². The maximum absolute atomic E-state index is 13.9. The summed E-state index contributed by atoms with van der Waals surface area (Å²) >= 11 is 9.23. The highest BCUT2D eigenvalue weighted by Crippen LogP contribution is 2.31. The molecule has 0 fully saturated rings. The van der Waals surface area contributed by atoms with Crippen molar-refractivity contribution < 1.29 is 9.13 Å². The topological polar surface area (TPSA) is 21.3 Å². The van der Waals surface area contributed by atoms with Crippen molar-refractivity contribution in [3.63, 3.8) is 0 Å². The van der Waals surface area contributed by atoms with Gasteiger partial charge in [-0.3, -0.25) is 0 Å². The molecule has 0 aliphatic rings. The number of rotatable bonds is 5. The minimum atomic E-state index is -0.424. The molecule has 2 aromatic carbocycles. The second kappa shape index (κ2) is 7.25. The Kier molecular flexibility index (Phi) is 5.62. The molecule has 2 rings (SSSR count). The van der Waals surface area contributed by atoms with Crippen LogP contribution in [0.15, 0.2) is 40.9 Å². The highest BCUT2D eigenvalue weighted by atomic mass is 79.9. The first kappa shape index (κ1) is 16.3. The van der Waals surface area contributed by atoms with Crippen LogP contribution in [0.25, 0.3) is 0 Å². The Hall–Kier alpha value is -1.10. The Labute approximate surface area is 137 Å². The van der Waals surface area contributed by atoms with Crippen molar-refractivity contribution in [3.8, 4) is 11.5 Å². The molecule has 112 valence electrons. The molecule has 0 aromatic heterocycles. The first-order chi connectivity index (χ1) is 9.95. The summed E-state index contributed by atoms with van der Waals surface area (Å²) in [5.74, 6) is 0.301. The monoisotopic (exact) mass is 371 g/mol. The highest BCUT2D eigenvalue weighted by molar-refractivity contribution is 9.10. The van der Waals surface area contributed by atoms with E-state index >= 15 is 0 Å². The van der Waals surface area contributed by atoms with Gasteiger partial charge in [-0.15, -0.1) is 0 Å². The molecular weight excluding hydrogens is 357 g/mol. The van der Waals surface area contributed by atoms with E-state index in [0.717, 1.165) is 5.56 Å². The van der Waals surface area contributed by atoms with Crippen LogP contribution < -0.4 is 10.1 Å². The molecule has 0 aliphatic carbocycles. The molecular formula is C16H16BrClFNO. The minimum Gasteiger partial charge on any atom is -0.454 e. The van der Waals surface area contributed by atoms with Gasteiger partial charge in [0.25, 0.3) is 0 Å². The third kappa shape index (κ3) is 4.70. The zero-order valence-electron chi connectivity index (χ0n) is 11.8. The van der Waals surface area contributed by atoms with Gasteiger partial charge in [0, 0.05) is 27.6 Å². The summed E-state index contributed by atoms with van der Waals surface area (Å²) in [6.07, 6.45) is 0. The van der Waals surface area contributed by atoms with Crippen molar-refractivity contribution in [2.24, 2.45) is 0 Å². The molecule has 0 bridgehead atoms. The van der Waals surface area contributed by atoms with Gasteiger partial charge in [-0.25, -0.2) is 4.39 Å². The molecule has 0 aliphatic heterocycles. The van der Waals surface area contributed by atoms with Crippen molar-refractivity contribution in [3.05, 3.63) is 57.3 Å². The quantitative estimate of drug-likeness (QED) is 0.745. The largest absolute Gasteiger partial charge is 0.454 e. The van der Waals surface area contributed by atoms with E-state index in [1.54, 1.807) is 24.3 Å². The van der Waals surface area contributed by atoms with E-state index < -0.39 is 5.82 Å². The molecule has 1 N–H and O–H groups in total. The number of hydrogen-bond donors (Lipinski definition) is 1. The fourth-order valence-electron chi connectivity index (χ4n) is 1.76. The lowest BCUT2D eigenvalue weighted by Gasteiger charge is -2.14. The van der Waals surface area contributed by atoms with E-state index in [0.29, 0.717) is 27.8 Å². The fraction of sp³-hybridized carbons (Fsp3) is 0.250. The molecule has 0 atom stereocenters. The van der Waals surface area contributed by atoms with Crippen molar-refractivity contribution in [2.75, 3.05) is 0 Å². The standard InChI is InChI=1S/C16H16BrClFNO/c1-10(2)20-9-11-3-5-13(18)8-16(11)21-15-6-4-12(17)7-14(15)19/h3-8,10,20H,9H2,1-2H3. The molecule has 0 saturated carbocycles. The molecule has 0 spiro atoms. The number of ether oxygens (including phenoxy) is 1. The van der Waals surface area contributed by atoms with Crippen molar-refractivity contribution >= 4 is 27.5 Å². The molecule has 2 nitrogen and oxygen atoms in total. The van der Waals surface area contributed by atoms with Gasteiger partial charge in [0.2, 0.25) is 0 Å². The second-order valence-electron chi connectivity index (χ2n) is 4.96. The summed E-state index contributed by atoms with van der Waals surface area (Å²) in [5.41, 5.74) is 0.926. The van der Waals surface area contributed by atoms with E-state index in [1.807, 2.05) is 6.07 Å². The molecule has 2 aromatic rings. The summed E-state index contributed by atoms with van der Waals surface area (Å²) in [6.45, 7) is 4.75. The van der Waals surface area contributed by atoms with Gasteiger partial charge >= 0.3 is 0 Å². The van der Waals surface area contributed by atoms with E-state index in [-0.39, 0.29) is 5.75 Å². The van der Waals surface area contributed by atoms with E-state index in [9.17, 15) is 4.39 Å². The van der Waals surface area contributed by atoms with Crippen LogP contribution in [0.3, 0.4) is 0 Å². The molecule has 0 radical (unpaired) electrons. The molecule has 0 saturated heterocycles. The van der Waals surface area contributed by atoms with Crippen LogP contribution >= 0.6 is 27.5 Å². The lowest BCUT2D eigenvalue weighted by atomic mass is 10.2. The Balaban J connectivity index is 2.27. The lowest BCUT2D eigenvalue weighted by Crippen LogP contribution is -2.22. The predicted octanol–water partition coefficient (Wildman–Crippen LogP) is 5.53. The smallest absolute Gasteiger partial charge is 0.166 e. The predicted molar refractivity (Wildman–Crippen MR) is 87.6 cm³/mol. The Morgan fingerprint density at radius 3 is 2.62 bits per heavy atom. The number of halogens is 3. The highest BCUT2D eigenvalue weighted by Gasteiger charge is 2.10. The summed E-state index contributed by atoms with van der Waals surface area (Å²) < 4.78 is 20.2. The van der Waals surface area contributed by atoms with Gasteiger partial charge in [0.05, 0.1) is 0 Å². The third-order valence-electron chi connectivity index (χ3n) is 2.84. The minimum absolute atomic E-state index is 0.172. The van der Waals surface area contributed by atoms with E-state index in [2.05, 4.69) is 35.1 Å². The Bertz CT molecular complexity index is 634. The SMILES string of the molecule is CC(C)NCc1ccc(Cl)cc1Oc1ccc(Br)cc1F. The lowest BCUT2D eigenvalue weighted by molar-refractivity contribution is 0.434. The normalized spacial score (nSPS) is 11.0. The van der Waals surface area contributed by atoms with Crippen LogP contribution in [0, 0.1) is 5.82 Å². The molecule has 0 heterocycles. The number of hydrogen-bond acceptors (Lipinski definition) is 2. The van der Waals surface area contributed by atoms with Gasteiger partial charge in [0.15, 0.2) is 11.6 Å². The first-order valence-electron chi connectivity index (χ1n) is 6.60. The average molecular weight is 373 g/mol. The van der Waals surface area contributed by atoms with Crippen molar-refractivity contribution in [2.45, 2.75) is 26.4 Å². The number of benzene rings is 2. The maximum Gasteiger partial charge on any atom is 0.166 e. The van der Waals surface area contributed by atoms with Crippen molar-refractivity contribution in [1.82, 2.24) is 5.32 Å². The first-order valence-corrected chi connectivity index (χ1v) is 7.77. The summed E-state index contributed by atoms with van der Waals surface area (Å²) in [6, 6.07) is 10.4. The van der Waals surface area contributed by atoms with Crippen LogP contribution in [-0.4, -0.2) is 6.04 Å². The van der Waals surface area contributed by atoms with Crippen molar-refractivity contribution in [1.29, 1.82) is 0 Å². The zero-order valence-corrected chi connectivity index (χ0v) is 14.1. The maximum atomic E-state index is 13.9. The second-order valence-corrected chi connectivity index (χ2v) is 6.32. The summed E-state index contributed by atoms with van der Waals surface area (Å²) in [5, 5.41) is 3.86. The molecule has 0 unspecified atom stereocenters. The van der Waals surface area contributed by atoms with Crippen LogP contribution in [0.1, 0.15) is 19.4 Å². The molecule has 5 heteroatoms. The van der Waals surface area contributed by atoms with Gasteiger partial charge in [-0.2, -0.15) is 0 Å². The van der Waals surface area contributed by atoms with Gasteiger partial charge in [-0.05, 0) is 30.3 Å². The third-order valence-corrected chi connectivity index (χ3v) is 3.57. The molecule has 21 heavy (non-hydrogen) atoms. The summed E-state index contributed by atoms with van der Waals surface area (Å²) in [7, 11) is 0. The Morgan fingerprint density at radius 2 is 1.95 bits per heavy atom. The number of nitrogens with one attached hydrogen (secondary N) is 1. The van der Waals surface area contributed by atoms with E-state index in [1.165, 1.54) is 6.07 Å². The van der Waals surface area contributed by atoms with Gasteiger partial charge < -0.3 is 10.1 Å². The molecule has 0 amide bonds. The van der Waals surface area contributed by atoms with Gasteiger partial charge in [0.1, 0.15) is 5.75 Å². The van der Waals surface area contributed by atoms with E-state index in [4.69, 9.17) is 16.3 Å². The van der Waals surface area contributed by atoms with Crippen LogP contribution in [-0.2, 0) is 6.54 Å². The zero-order chi connectivity index (χ0) is 15.4. The average Bonchev–Trinajstić information content (AvgIpc) is 2.41. The Morgan fingerprint density at radius 1 is 1.19 bits per heavy atom.